The average Bonchev–Trinajstić information content (AvgIpc) is 3.61. The second-order valence-electron chi connectivity index (χ2n) is 9.96. The van der Waals surface area contributed by atoms with Crippen molar-refractivity contribution in [1.29, 1.82) is 0 Å². The predicted molar refractivity (Wildman–Crippen MR) is 112 cm³/mol. The summed E-state index contributed by atoms with van der Waals surface area (Å²) in [5, 5.41) is 17.2. The molecule has 3 aliphatic carbocycles. The van der Waals surface area contributed by atoms with Gasteiger partial charge < -0.3 is 5.32 Å². The molecule has 2 aromatic heterocycles. The molecule has 2 N–H and O–H groups in total. The molecule has 6 nitrogen and oxygen atoms in total. The van der Waals surface area contributed by atoms with Gasteiger partial charge in [-0.15, -0.1) is 0 Å². The summed E-state index contributed by atoms with van der Waals surface area (Å²) < 4.78 is 44.7. The summed E-state index contributed by atoms with van der Waals surface area (Å²) in [7, 11) is 0. The van der Waals surface area contributed by atoms with Gasteiger partial charge in [0.25, 0.3) is 10.9 Å². The molecule has 3 fully saturated rings. The Morgan fingerprint density at radius 3 is 2.62 bits per heavy atom. The highest BCUT2D eigenvalue weighted by molar-refractivity contribution is 7.98. The fourth-order valence-corrected chi connectivity index (χ4v) is 5.90. The van der Waals surface area contributed by atoms with Crippen LogP contribution in [0.25, 0.3) is 0 Å². The first-order valence-electron chi connectivity index (χ1n) is 10.8. The number of pyridine rings is 1. The minimum atomic E-state index is -4.67. The first-order valence-corrected chi connectivity index (χ1v) is 12.0. The molecule has 2 heterocycles. The molecule has 2 aromatic rings. The van der Waals surface area contributed by atoms with Gasteiger partial charge in [0.05, 0.1) is 11.4 Å². The van der Waals surface area contributed by atoms with Gasteiger partial charge in [0, 0.05) is 29.3 Å². The van der Waals surface area contributed by atoms with E-state index in [1.807, 2.05) is 0 Å². The molecule has 5 rings (SSSR count). The van der Waals surface area contributed by atoms with Crippen molar-refractivity contribution in [3.63, 3.8) is 0 Å². The normalized spacial score (nSPS) is 20.8. The Hall–Kier alpha value is -2.23. The Morgan fingerprint density at radius 2 is 2.06 bits per heavy atom. The van der Waals surface area contributed by atoms with Gasteiger partial charge in [-0.25, -0.2) is 0 Å². The van der Waals surface area contributed by atoms with Crippen LogP contribution in [0.5, 0.6) is 0 Å². The van der Waals surface area contributed by atoms with Crippen molar-refractivity contribution in [3.05, 3.63) is 35.3 Å². The Kier molecular flexibility index (Phi) is 4.82. The molecule has 3 aliphatic rings. The first kappa shape index (κ1) is 21.6. The van der Waals surface area contributed by atoms with Crippen LogP contribution in [0.15, 0.2) is 23.4 Å². The van der Waals surface area contributed by atoms with Crippen LogP contribution in [0.2, 0.25) is 0 Å². The van der Waals surface area contributed by atoms with Gasteiger partial charge in [-0.3, -0.25) is 14.7 Å². The highest BCUT2D eigenvalue weighted by Crippen LogP contribution is 2.69. The molecule has 0 bridgehead atoms. The van der Waals surface area contributed by atoms with Gasteiger partial charge in [0.2, 0.25) is 6.20 Å². The molecule has 0 unspecified atom stereocenters. The van der Waals surface area contributed by atoms with Crippen LogP contribution in [0.3, 0.4) is 0 Å². The third-order valence-corrected chi connectivity index (χ3v) is 7.62. The van der Waals surface area contributed by atoms with Crippen molar-refractivity contribution >= 4 is 23.4 Å². The second-order valence-corrected chi connectivity index (χ2v) is 10.8. The second kappa shape index (κ2) is 7.13. The zero-order valence-corrected chi connectivity index (χ0v) is 18.8. The van der Waals surface area contributed by atoms with E-state index in [2.05, 4.69) is 17.3 Å². The first-order chi connectivity index (χ1) is 15.0. The van der Waals surface area contributed by atoms with Gasteiger partial charge in [-0.2, -0.15) is 18.3 Å². The number of anilines is 1. The lowest BCUT2D eigenvalue weighted by Gasteiger charge is -2.46. The van der Waals surface area contributed by atoms with Gasteiger partial charge in [0.15, 0.2) is 0 Å². The van der Waals surface area contributed by atoms with E-state index in [9.17, 15) is 23.2 Å². The summed E-state index contributed by atoms with van der Waals surface area (Å²) in [6.07, 6.45) is 4.04. The number of alkyl halides is 3. The molecule has 0 atom stereocenters. The number of nitrogens with zero attached hydrogens (tertiary/aromatic N) is 3. The molecular weight excluding hydrogens is 441 g/mol. The highest BCUT2D eigenvalue weighted by Gasteiger charge is 2.59. The largest absolute Gasteiger partial charge is 0.420 e. The third kappa shape index (κ3) is 3.86. The number of carbonyl (C=O) groups excluding carboxylic acids is 1. The zero-order valence-electron chi connectivity index (χ0n) is 18.0. The summed E-state index contributed by atoms with van der Waals surface area (Å²) in [5.41, 5.74) is -0.775. The number of hydrogen-bond donors (Lipinski definition) is 2. The lowest BCUT2D eigenvalue weighted by Crippen LogP contribution is -2.40. The van der Waals surface area contributed by atoms with Crippen LogP contribution >= 0.6 is 11.8 Å². The summed E-state index contributed by atoms with van der Waals surface area (Å²) in [4.78, 5) is 13.2. The highest BCUT2D eigenvalue weighted by atomic mass is 32.2. The maximum Gasteiger partial charge on any atom is 0.420 e. The number of hydrogen-bond acceptors (Lipinski definition) is 4. The van der Waals surface area contributed by atoms with E-state index < -0.39 is 23.3 Å². The SMILES string of the molecule is CSc1cc(NC(=O)c2c(C(F)(F)F)c(C3CC3)nn2CC2(C)CC3(CC3)C2)cc[n+]1O. The van der Waals surface area contributed by atoms with Crippen LogP contribution in [0, 0.1) is 10.8 Å². The van der Waals surface area contributed by atoms with Gasteiger partial charge in [-0.1, -0.05) is 18.7 Å². The number of halogens is 3. The fourth-order valence-electron chi connectivity index (χ4n) is 5.40. The van der Waals surface area contributed by atoms with E-state index in [-0.39, 0.29) is 17.0 Å². The van der Waals surface area contributed by atoms with Gasteiger partial charge >= 0.3 is 6.18 Å². The topological polar surface area (TPSA) is 71.0 Å². The van der Waals surface area contributed by atoms with Crippen molar-refractivity contribution < 1.29 is 27.9 Å². The van der Waals surface area contributed by atoms with Crippen molar-refractivity contribution in [3.8, 4) is 0 Å². The van der Waals surface area contributed by atoms with E-state index in [1.54, 1.807) is 6.26 Å². The molecule has 1 spiro atoms. The number of thioether (sulfide) groups is 1. The van der Waals surface area contributed by atoms with Crippen LogP contribution in [-0.4, -0.2) is 27.2 Å². The minimum Gasteiger partial charge on any atom is -0.320 e. The van der Waals surface area contributed by atoms with Gasteiger partial charge in [-0.05, 0) is 55.6 Å². The molecule has 0 aromatic carbocycles. The molecule has 1 amide bonds. The van der Waals surface area contributed by atoms with E-state index >= 15 is 0 Å². The van der Waals surface area contributed by atoms with Crippen LogP contribution in [-0.2, 0) is 12.7 Å². The standard InChI is InChI=1S/C22H25F3N4O2S/c1-20(10-21(11-20)6-7-21)12-28-18(16(22(23,24)25)17(27-28)13-3-4-13)19(30)26-14-5-8-29(31)15(9-14)32-2/h5,8-9,13,31H,3-4,6-7,10-12H2,1-2H3/p+1. The van der Waals surface area contributed by atoms with Crippen molar-refractivity contribution in [2.24, 2.45) is 10.8 Å². The van der Waals surface area contributed by atoms with E-state index in [4.69, 9.17) is 0 Å². The van der Waals surface area contributed by atoms with Crippen molar-refractivity contribution in [1.82, 2.24) is 9.78 Å². The number of amides is 1. The molecule has 172 valence electrons. The van der Waals surface area contributed by atoms with Crippen molar-refractivity contribution in [2.75, 3.05) is 11.6 Å². The molecule has 3 saturated carbocycles. The maximum atomic E-state index is 14.2. The predicted octanol–water partition coefficient (Wildman–Crippen LogP) is 4.86. The van der Waals surface area contributed by atoms with Crippen LogP contribution < -0.4 is 10.0 Å². The maximum absolute atomic E-state index is 14.2. The molecule has 0 aliphatic heterocycles. The lowest BCUT2D eigenvalue weighted by atomic mass is 9.60. The third-order valence-electron chi connectivity index (χ3n) is 6.90. The molecule has 0 radical (unpaired) electrons. The van der Waals surface area contributed by atoms with Crippen LogP contribution in [0.1, 0.15) is 73.1 Å². The number of carbonyl (C=O) groups is 1. The number of nitrogens with one attached hydrogen (secondary N) is 1. The quantitative estimate of drug-likeness (QED) is 0.362. The summed E-state index contributed by atoms with van der Waals surface area (Å²) in [6.45, 7) is 2.38. The summed E-state index contributed by atoms with van der Waals surface area (Å²) >= 11 is 1.25. The number of aromatic nitrogens is 3. The van der Waals surface area contributed by atoms with E-state index in [0.717, 1.165) is 17.6 Å². The molecular formula is C22H26F3N4O2S+. The molecule has 0 saturated heterocycles. The Balaban J connectivity index is 1.51. The summed E-state index contributed by atoms with van der Waals surface area (Å²) in [5.74, 6) is -1.07. The number of rotatable bonds is 6. The monoisotopic (exact) mass is 467 g/mol. The van der Waals surface area contributed by atoms with Crippen molar-refractivity contribution in [2.45, 2.75) is 69.1 Å². The average molecular weight is 468 g/mol. The van der Waals surface area contributed by atoms with Gasteiger partial charge in [0.1, 0.15) is 11.3 Å². The van der Waals surface area contributed by atoms with E-state index in [1.165, 1.54) is 47.6 Å². The smallest absolute Gasteiger partial charge is 0.320 e. The Bertz CT molecular complexity index is 1080. The Labute approximate surface area is 188 Å². The van der Waals surface area contributed by atoms with E-state index in [0.29, 0.717) is 35.5 Å². The Morgan fingerprint density at radius 1 is 1.38 bits per heavy atom. The lowest BCUT2D eigenvalue weighted by molar-refractivity contribution is -0.932. The fraction of sp³-hybridized carbons (Fsp3) is 0.591. The van der Waals surface area contributed by atoms with Crippen LogP contribution in [0.4, 0.5) is 18.9 Å². The summed E-state index contributed by atoms with van der Waals surface area (Å²) in [6, 6.07) is 2.96. The molecule has 10 heteroatoms. The minimum absolute atomic E-state index is 0.00206. The zero-order chi connectivity index (χ0) is 22.9. The molecule has 32 heavy (non-hydrogen) atoms.